The highest BCUT2D eigenvalue weighted by Crippen LogP contribution is 2.23. The number of hydrogen-bond acceptors (Lipinski definition) is 4. The third kappa shape index (κ3) is 3.68. The SMILES string of the molecule is c1ccc(-c2nn(-c3ccccc3)cc2CNCc2cncs2)cc1. The van der Waals surface area contributed by atoms with Gasteiger partial charge in [-0.1, -0.05) is 48.5 Å². The summed E-state index contributed by atoms with van der Waals surface area (Å²) in [5.41, 5.74) is 6.25. The van der Waals surface area contributed by atoms with Crippen LogP contribution in [-0.4, -0.2) is 14.8 Å². The molecule has 0 aliphatic heterocycles. The van der Waals surface area contributed by atoms with Gasteiger partial charge in [0, 0.05) is 41.5 Å². The molecule has 4 aromatic rings. The van der Waals surface area contributed by atoms with Crippen LogP contribution in [0.3, 0.4) is 0 Å². The fraction of sp³-hybridized carbons (Fsp3) is 0.100. The lowest BCUT2D eigenvalue weighted by Gasteiger charge is -2.03. The van der Waals surface area contributed by atoms with Crippen molar-refractivity contribution >= 4 is 11.3 Å². The number of nitrogens with one attached hydrogen (secondary N) is 1. The molecule has 2 aromatic carbocycles. The molecular weight excluding hydrogens is 328 g/mol. The van der Waals surface area contributed by atoms with E-state index >= 15 is 0 Å². The van der Waals surface area contributed by atoms with Crippen LogP contribution in [0.5, 0.6) is 0 Å². The molecule has 0 amide bonds. The average Bonchev–Trinajstić information content (AvgIpc) is 3.33. The van der Waals surface area contributed by atoms with Crippen molar-refractivity contribution in [2.24, 2.45) is 0 Å². The first-order valence-corrected chi connectivity index (χ1v) is 9.05. The molecule has 0 bridgehead atoms. The molecule has 0 saturated carbocycles. The second kappa shape index (κ2) is 7.42. The molecule has 0 aliphatic carbocycles. The van der Waals surface area contributed by atoms with Gasteiger partial charge in [-0.25, -0.2) is 4.68 Å². The Hall–Kier alpha value is -2.76. The summed E-state index contributed by atoms with van der Waals surface area (Å²) in [6.07, 6.45) is 4.01. The van der Waals surface area contributed by atoms with Crippen LogP contribution in [0.4, 0.5) is 0 Å². The van der Waals surface area contributed by atoms with Crippen molar-refractivity contribution in [2.45, 2.75) is 13.1 Å². The van der Waals surface area contributed by atoms with Crippen molar-refractivity contribution in [3.05, 3.63) is 89.0 Å². The van der Waals surface area contributed by atoms with Crippen LogP contribution < -0.4 is 5.32 Å². The summed E-state index contributed by atoms with van der Waals surface area (Å²) in [6, 6.07) is 20.5. The van der Waals surface area contributed by atoms with Gasteiger partial charge in [0.1, 0.15) is 0 Å². The lowest BCUT2D eigenvalue weighted by Crippen LogP contribution is -2.12. The number of aromatic nitrogens is 3. The number of rotatable bonds is 6. The van der Waals surface area contributed by atoms with Crippen molar-refractivity contribution in [2.75, 3.05) is 0 Å². The lowest BCUT2D eigenvalue weighted by atomic mass is 10.1. The standard InChI is InChI=1S/C20H18N4S/c1-3-7-16(8-4-1)20-17(11-21-12-19-13-22-15-25-19)14-24(23-20)18-9-5-2-6-10-18/h1-10,13-15,21H,11-12H2. The molecule has 0 unspecified atom stereocenters. The summed E-state index contributed by atoms with van der Waals surface area (Å²) < 4.78 is 1.95. The van der Waals surface area contributed by atoms with Crippen LogP contribution in [0.25, 0.3) is 16.9 Å². The molecule has 2 heterocycles. The Morgan fingerprint density at radius 1 is 0.920 bits per heavy atom. The van der Waals surface area contributed by atoms with Crippen LogP contribution in [0.2, 0.25) is 0 Å². The van der Waals surface area contributed by atoms with Gasteiger partial charge in [-0.2, -0.15) is 5.10 Å². The Morgan fingerprint density at radius 2 is 1.68 bits per heavy atom. The maximum Gasteiger partial charge on any atom is 0.0972 e. The van der Waals surface area contributed by atoms with Crippen LogP contribution in [0, 0.1) is 0 Å². The molecule has 0 saturated heterocycles. The highest BCUT2D eigenvalue weighted by molar-refractivity contribution is 7.09. The number of hydrogen-bond donors (Lipinski definition) is 1. The smallest absolute Gasteiger partial charge is 0.0972 e. The van der Waals surface area contributed by atoms with Gasteiger partial charge in [0.05, 0.1) is 16.9 Å². The van der Waals surface area contributed by atoms with Gasteiger partial charge >= 0.3 is 0 Å². The Balaban J connectivity index is 1.62. The van der Waals surface area contributed by atoms with Crippen molar-refractivity contribution in [1.82, 2.24) is 20.1 Å². The van der Waals surface area contributed by atoms with Gasteiger partial charge in [-0.05, 0) is 12.1 Å². The van der Waals surface area contributed by atoms with E-state index in [4.69, 9.17) is 5.10 Å². The normalized spacial score (nSPS) is 10.9. The second-order valence-corrected chi connectivity index (χ2v) is 6.69. The predicted octanol–water partition coefficient (Wildman–Crippen LogP) is 4.29. The number of thiazole rings is 1. The van der Waals surface area contributed by atoms with E-state index in [9.17, 15) is 0 Å². The van der Waals surface area contributed by atoms with Gasteiger partial charge in [0.25, 0.3) is 0 Å². The molecule has 1 N–H and O–H groups in total. The molecule has 0 spiro atoms. The van der Waals surface area contributed by atoms with E-state index in [1.54, 1.807) is 11.3 Å². The zero-order valence-electron chi connectivity index (χ0n) is 13.7. The molecule has 2 aromatic heterocycles. The fourth-order valence-corrected chi connectivity index (χ4v) is 3.31. The maximum absolute atomic E-state index is 4.83. The summed E-state index contributed by atoms with van der Waals surface area (Å²) in [5.74, 6) is 0. The molecule has 4 rings (SSSR count). The first-order chi connectivity index (χ1) is 12.4. The minimum absolute atomic E-state index is 0.759. The highest BCUT2D eigenvalue weighted by Gasteiger charge is 2.12. The monoisotopic (exact) mass is 346 g/mol. The maximum atomic E-state index is 4.83. The van der Waals surface area contributed by atoms with Crippen molar-refractivity contribution in [3.63, 3.8) is 0 Å². The van der Waals surface area contributed by atoms with E-state index in [1.807, 2.05) is 52.8 Å². The number of para-hydroxylation sites is 1. The minimum atomic E-state index is 0.759. The van der Waals surface area contributed by atoms with Crippen LogP contribution >= 0.6 is 11.3 Å². The van der Waals surface area contributed by atoms with Gasteiger partial charge < -0.3 is 5.32 Å². The Kier molecular flexibility index (Phi) is 4.68. The zero-order valence-corrected chi connectivity index (χ0v) is 14.5. The molecule has 0 aliphatic rings. The highest BCUT2D eigenvalue weighted by atomic mass is 32.1. The average molecular weight is 346 g/mol. The van der Waals surface area contributed by atoms with E-state index in [2.05, 4.69) is 40.8 Å². The lowest BCUT2D eigenvalue weighted by molar-refractivity contribution is 0.700. The van der Waals surface area contributed by atoms with Crippen molar-refractivity contribution < 1.29 is 0 Å². The van der Waals surface area contributed by atoms with E-state index in [1.165, 1.54) is 10.4 Å². The summed E-state index contributed by atoms with van der Waals surface area (Å²) in [6.45, 7) is 1.57. The van der Waals surface area contributed by atoms with Gasteiger partial charge in [-0.3, -0.25) is 4.98 Å². The molecule has 0 fully saturated rings. The van der Waals surface area contributed by atoms with E-state index in [0.717, 1.165) is 30.0 Å². The van der Waals surface area contributed by atoms with Gasteiger partial charge in [0.2, 0.25) is 0 Å². The zero-order chi connectivity index (χ0) is 16.9. The Bertz CT molecular complexity index is 915. The molecule has 124 valence electrons. The molecular formula is C20H18N4S. The molecule has 5 heteroatoms. The number of nitrogens with zero attached hydrogens (tertiary/aromatic N) is 3. The minimum Gasteiger partial charge on any atom is -0.308 e. The fourth-order valence-electron chi connectivity index (χ4n) is 2.74. The predicted molar refractivity (Wildman–Crippen MR) is 102 cm³/mol. The molecule has 4 nitrogen and oxygen atoms in total. The Morgan fingerprint density at radius 3 is 2.40 bits per heavy atom. The van der Waals surface area contributed by atoms with E-state index in [-0.39, 0.29) is 0 Å². The van der Waals surface area contributed by atoms with Crippen LogP contribution in [0.15, 0.2) is 78.6 Å². The second-order valence-electron chi connectivity index (χ2n) is 5.72. The topological polar surface area (TPSA) is 42.7 Å². The molecule has 0 radical (unpaired) electrons. The summed E-state index contributed by atoms with van der Waals surface area (Å²) >= 11 is 1.67. The third-order valence-corrected chi connectivity index (χ3v) is 4.74. The van der Waals surface area contributed by atoms with Gasteiger partial charge in [0.15, 0.2) is 0 Å². The summed E-state index contributed by atoms with van der Waals surface area (Å²) in [7, 11) is 0. The van der Waals surface area contributed by atoms with Crippen molar-refractivity contribution in [1.29, 1.82) is 0 Å². The van der Waals surface area contributed by atoms with Crippen molar-refractivity contribution in [3.8, 4) is 16.9 Å². The largest absolute Gasteiger partial charge is 0.308 e. The Labute approximate surface area is 150 Å². The van der Waals surface area contributed by atoms with E-state index < -0.39 is 0 Å². The number of benzene rings is 2. The van der Waals surface area contributed by atoms with Gasteiger partial charge in [-0.15, -0.1) is 11.3 Å². The summed E-state index contributed by atoms with van der Waals surface area (Å²) in [5, 5.41) is 8.33. The molecule has 25 heavy (non-hydrogen) atoms. The van der Waals surface area contributed by atoms with Crippen LogP contribution in [-0.2, 0) is 13.1 Å². The quantitative estimate of drug-likeness (QED) is 0.566. The summed E-state index contributed by atoms with van der Waals surface area (Å²) in [4.78, 5) is 5.35. The first kappa shape index (κ1) is 15.7. The first-order valence-electron chi connectivity index (χ1n) is 8.17. The molecule has 0 atom stereocenters. The van der Waals surface area contributed by atoms with E-state index in [0.29, 0.717) is 0 Å². The third-order valence-electron chi connectivity index (χ3n) is 3.96. The van der Waals surface area contributed by atoms with Crippen LogP contribution in [0.1, 0.15) is 10.4 Å².